The van der Waals surface area contributed by atoms with E-state index in [1.165, 1.54) is 0 Å². The maximum atomic E-state index is 10.5. The molecule has 0 aliphatic heterocycles. The summed E-state index contributed by atoms with van der Waals surface area (Å²) in [7, 11) is 1.84. The molecule has 0 aliphatic carbocycles. The fourth-order valence-electron chi connectivity index (χ4n) is 1.69. The molecule has 6 heteroatoms. The molecule has 1 aromatic rings. The molecular weight excluding hydrogens is 232 g/mol. The lowest BCUT2D eigenvalue weighted by atomic mass is 9.84. The monoisotopic (exact) mass is 254 g/mol. The molecule has 2 N–H and O–H groups in total. The van der Waals surface area contributed by atoms with Crippen molar-refractivity contribution in [3.05, 3.63) is 11.9 Å². The molecule has 1 rings (SSSR count). The molecule has 1 heterocycles. The van der Waals surface area contributed by atoms with Gasteiger partial charge >= 0.3 is 5.97 Å². The average molecular weight is 254 g/mol. The quantitative estimate of drug-likeness (QED) is 0.681. The van der Waals surface area contributed by atoms with E-state index in [9.17, 15) is 4.79 Å². The Morgan fingerprint density at radius 1 is 1.50 bits per heavy atom. The maximum absolute atomic E-state index is 10.5. The maximum Gasteiger partial charge on any atom is 0.303 e. The van der Waals surface area contributed by atoms with Crippen LogP contribution in [-0.2, 0) is 18.4 Å². The molecule has 0 fully saturated rings. The van der Waals surface area contributed by atoms with E-state index in [1.54, 1.807) is 4.68 Å². The summed E-state index contributed by atoms with van der Waals surface area (Å²) in [5.41, 5.74) is 0.967. The van der Waals surface area contributed by atoms with Crippen molar-refractivity contribution in [2.24, 2.45) is 12.5 Å². The second kappa shape index (κ2) is 6.49. The van der Waals surface area contributed by atoms with Gasteiger partial charge in [-0.2, -0.15) is 0 Å². The first-order valence-electron chi connectivity index (χ1n) is 6.17. The summed E-state index contributed by atoms with van der Waals surface area (Å²) in [6.07, 6.45) is 3.76. The zero-order valence-electron chi connectivity index (χ0n) is 11.3. The molecule has 18 heavy (non-hydrogen) atoms. The molecule has 0 aromatic carbocycles. The van der Waals surface area contributed by atoms with Crippen LogP contribution in [-0.4, -0.2) is 32.6 Å². The Bertz CT molecular complexity index is 387. The van der Waals surface area contributed by atoms with E-state index in [0.29, 0.717) is 13.0 Å². The highest BCUT2D eigenvalue weighted by Gasteiger charge is 2.18. The second-order valence-corrected chi connectivity index (χ2v) is 5.37. The number of carboxylic acid groups (broad SMARTS) is 1. The Morgan fingerprint density at radius 3 is 2.78 bits per heavy atom. The van der Waals surface area contributed by atoms with E-state index in [4.69, 9.17) is 5.11 Å². The predicted octanol–water partition coefficient (Wildman–Crippen LogP) is 1.19. The highest BCUT2D eigenvalue weighted by atomic mass is 16.4. The van der Waals surface area contributed by atoms with Crippen LogP contribution in [0.2, 0.25) is 0 Å². The SMILES string of the molecule is Cn1cc(CNCCC(C)(C)CCC(=O)O)nn1. The summed E-state index contributed by atoms with van der Waals surface area (Å²) < 4.78 is 1.67. The summed E-state index contributed by atoms with van der Waals surface area (Å²) >= 11 is 0. The molecule has 0 saturated carbocycles. The summed E-state index contributed by atoms with van der Waals surface area (Å²) in [4.78, 5) is 10.5. The van der Waals surface area contributed by atoms with Crippen LogP contribution < -0.4 is 5.32 Å². The Labute approximate surface area is 107 Å². The molecule has 0 amide bonds. The lowest BCUT2D eigenvalue weighted by Crippen LogP contribution is -2.23. The van der Waals surface area contributed by atoms with Crippen molar-refractivity contribution in [2.45, 2.75) is 39.7 Å². The van der Waals surface area contributed by atoms with Crippen molar-refractivity contribution < 1.29 is 9.90 Å². The van der Waals surface area contributed by atoms with E-state index >= 15 is 0 Å². The predicted molar refractivity (Wildman–Crippen MR) is 68.0 cm³/mol. The van der Waals surface area contributed by atoms with Crippen LogP contribution in [0.5, 0.6) is 0 Å². The molecule has 0 atom stereocenters. The molecule has 1 aromatic heterocycles. The highest BCUT2D eigenvalue weighted by molar-refractivity contribution is 5.66. The largest absolute Gasteiger partial charge is 0.481 e. The minimum absolute atomic E-state index is 0.0494. The highest BCUT2D eigenvalue weighted by Crippen LogP contribution is 2.25. The van der Waals surface area contributed by atoms with E-state index < -0.39 is 5.97 Å². The van der Waals surface area contributed by atoms with Crippen LogP contribution in [0.4, 0.5) is 0 Å². The number of aromatic nitrogens is 3. The molecule has 0 bridgehead atoms. The third-order valence-electron chi connectivity index (χ3n) is 2.95. The summed E-state index contributed by atoms with van der Waals surface area (Å²) in [5.74, 6) is -0.726. The molecule has 0 unspecified atom stereocenters. The van der Waals surface area contributed by atoms with Crippen molar-refractivity contribution >= 4 is 5.97 Å². The first-order chi connectivity index (χ1) is 8.39. The number of aliphatic carboxylic acids is 1. The molecule has 0 saturated heterocycles. The van der Waals surface area contributed by atoms with E-state index in [0.717, 1.165) is 18.7 Å². The number of aryl methyl sites for hydroxylation is 1. The standard InChI is InChI=1S/C12H22N4O2/c1-12(2,5-4-11(17)18)6-7-13-8-10-9-16(3)15-14-10/h9,13H,4-8H2,1-3H3,(H,17,18). The van der Waals surface area contributed by atoms with Crippen molar-refractivity contribution in [3.8, 4) is 0 Å². The minimum Gasteiger partial charge on any atom is -0.481 e. The number of hydrogen-bond acceptors (Lipinski definition) is 4. The topological polar surface area (TPSA) is 80.0 Å². The molecule has 0 aliphatic rings. The van der Waals surface area contributed by atoms with Gasteiger partial charge in [0.1, 0.15) is 0 Å². The molecule has 0 radical (unpaired) electrons. The molecule has 6 nitrogen and oxygen atoms in total. The van der Waals surface area contributed by atoms with Gasteiger partial charge in [0, 0.05) is 26.2 Å². The van der Waals surface area contributed by atoms with Gasteiger partial charge in [-0.15, -0.1) is 5.10 Å². The lowest BCUT2D eigenvalue weighted by molar-refractivity contribution is -0.137. The van der Waals surface area contributed by atoms with Gasteiger partial charge in [0.25, 0.3) is 0 Å². The van der Waals surface area contributed by atoms with Crippen molar-refractivity contribution in [3.63, 3.8) is 0 Å². The van der Waals surface area contributed by atoms with Gasteiger partial charge in [-0.3, -0.25) is 9.48 Å². The molecule has 0 spiro atoms. The summed E-state index contributed by atoms with van der Waals surface area (Å²) in [6.45, 7) is 5.74. The summed E-state index contributed by atoms with van der Waals surface area (Å²) in [6, 6.07) is 0. The van der Waals surface area contributed by atoms with Crippen LogP contribution in [0.1, 0.15) is 38.8 Å². The van der Waals surface area contributed by atoms with Crippen LogP contribution in [0.15, 0.2) is 6.20 Å². The van der Waals surface area contributed by atoms with E-state index in [1.807, 2.05) is 13.2 Å². The van der Waals surface area contributed by atoms with Gasteiger partial charge in [-0.1, -0.05) is 19.1 Å². The van der Waals surface area contributed by atoms with Gasteiger partial charge in [-0.05, 0) is 24.8 Å². The number of carbonyl (C=O) groups is 1. The Kier molecular flexibility index (Phi) is 5.27. The number of carboxylic acids is 1. The normalized spacial score (nSPS) is 11.7. The van der Waals surface area contributed by atoms with Gasteiger partial charge in [0.15, 0.2) is 0 Å². The van der Waals surface area contributed by atoms with Crippen molar-refractivity contribution in [1.29, 1.82) is 0 Å². The first-order valence-corrected chi connectivity index (χ1v) is 6.17. The summed E-state index contributed by atoms with van der Waals surface area (Å²) in [5, 5.41) is 19.8. The molecule has 102 valence electrons. The van der Waals surface area contributed by atoms with Crippen molar-refractivity contribution in [2.75, 3.05) is 6.54 Å². The minimum atomic E-state index is -0.726. The average Bonchev–Trinajstić information content (AvgIpc) is 2.68. The van der Waals surface area contributed by atoms with Gasteiger partial charge in [0.05, 0.1) is 5.69 Å². The second-order valence-electron chi connectivity index (χ2n) is 5.37. The van der Waals surface area contributed by atoms with E-state index in [-0.39, 0.29) is 11.8 Å². The smallest absolute Gasteiger partial charge is 0.303 e. The Balaban J connectivity index is 2.18. The van der Waals surface area contributed by atoms with Gasteiger partial charge in [0.2, 0.25) is 0 Å². The first kappa shape index (κ1) is 14.6. The third kappa shape index (κ3) is 5.77. The van der Waals surface area contributed by atoms with E-state index in [2.05, 4.69) is 29.5 Å². The third-order valence-corrected chi connectivity index (χ3v) is 2.95. The number of nitrogens with one attached hydrogen (secondary N) is 1. The lowest BCUT2D eigenvalue weighted by Gasteiger charge is -2.23. The van der Waals surface area contributed by atoms with Crippen molar-refractivity contribution in [1.82, 2.24) is 20.3 Å². The number of hydrogen-bond donors (Lipinski definition) is 2. The van der Waals surface area contributed by atoms with Gasteiger partial charge < -0.3 is 10.4 Å². The Hall–Kier alpha value is -1.43. The number of rotatable bonds is 8. The Morgan fingerprint density at radius 2 is 2.22 bits per heavy atom. The van der Waals surface area contributed by atoms with Crippen LogP contribution >= 0.6 is 0 Å². The zero-order valence-corrected chi connectivity index (χ0v) is 11.3. The van der Waals surface area contributed by atoms with Crippen LogP contribution in [0.3, 0.4) is 0 Å². The number of nitrogens with zero attached hydrogens (tertiary/aromatic N) is 3. The fourth-order valence-corrected chi connectivity index (χ4v) is 1.69. The van der Waals surface area contributed by atoms with Crippen LogP contribution in [0.25, 0.3) is 0 Å². The fraction of sp³-hybridized carbons (Fsp3) is 0.750. The van der Waals surface area contributed by atoms with Crippen LogP contribution in [0, 0.1) is 5.41 Å². The van der Waals surface area contributed by atoms with Gasteiger partial charge in [-0.25, -0.2) is 0 Å². The zero-order chi connectivity index (χ0) is 13.6. The molecular formula is C12H22N4O2.